The van der Waals surface area contributed by atoms with Crippen molar-refractivity contribution in [3.05, 3.63) is 22.2 Å². The van der Waals surface area contributed by atoms with E-state index in [0.717, 1.165) is 0 Å². The maximum absolute atomic E-state index is 12.4. The first-order valence-corrected chi connectivity index (χ1v) is 8.48. The van der Waals surface area contributed by atoms with Crippen molar-refractivity contribution in [2.45, 2.75) is 31.2 Å². The lowest BCUT2D eigenvalue weighted by molar-refractivity contribution is 0.199. The maximum Gasteiger partial charge on any atom is 0.241 e. The highest BCUT2D eigenvalue weighted by molar-refractivity contribution is 9.10. The fraction of sp³-hybridized carbons (Fsp3) is 0.538. The molecule has 0 aliphatic carbocycles. The van der Waals surface area contributed by atoms with Gasteiger partial charge in [-0.05, 0) is 52.6 Å². The molecule has 5 nitrogen and oxygen atoms in total. The molecule has 0 amide bonds. The molecular weight excluding hydrogens is 342 g/mol. The summed E-state index contributed by atoms with van der Waals surface area (Å²) in [5.74, 6) is 0. The van der Waals surface area contributed by atoms with Crippen LogP contribution in [0.3, 0.4) is 0 Å². The summed E-state index contributed by atoms with van der Waals surface area (Å²) in [6.07, 6.45) is 0. The predicted molar refractivity (Wildman–Crippen MR) is 86.2 cm³/mol. The lowest BCUT2D eigenvalue weighted by atomic mass is 10.1. The van der Waals surface area contributed by atoms with Crippen LogP contribution in [0.15, 0.2) is 21.5 Å². The number of halogens is 1. The van der Waals surface area contributed by atoms with E-state index in [-0.39, 0.29) is 10.4 Å². The van der Waals surface area contributed by atoms with E-state index in [4.69, 9.17) is 5.73 Å². The number of hydrogen-bond acceptors (Lipinski definition) is 4. The van der Waals surface area contributed by atoms with Gasteiger partial charge >= 0.3 is 0 Å². The lowest BCUT2D eigenvalue weighted by Crippen LogP contribution is -2.48. The van der Waals surface area contributed by atoms with Crippen LogP contribution in [0, 0.1) is 6.92 Å². The van der Waals surface area contributed by atoms with Gasteiger partial charge in [0.05, 0.1) is 4.90 Å². The number of benzene rings is 1. The normalized spacial score (nSPS) is 12.9. The minimum Gasteiger partial charge on any atom is -0.398 e. The third-order valence-corrected chi connectivity index (χ3v) is 5.55. The SMILES string of the molecule is Cc1c(N)cc(Br)cc1S(=O)(=O)NCC(C)(C)N(C)C. The van der Waals surface area contributed by atoms with Crippen LogP contribution in [0.25, 0.3) is 0 Å². The second-order valence-corrected chi connectivity index (χ2v) is 8.30. The van der Waals surface area contributed by atoms with Gasteiger partial charge in [0.15, 0.2) is 0 Å². The van der Waals surface area contributed by atoms with Crippen LogP contribution in [-0.4, -0.2) is 39.5 Å². The van der Waals surface area contributed by atoms with Crippen molar-refractivity contribution in [3.63, 3.8) is 0 Å². The summed E-state index contributed by atoms with van der Waals surface area (Å²) in [5, 5.41) is 0. The highest BCUT2D eigenvalue weighted by Gasteiger charge is 2.25. The van der Waals surface area contributed by atoms with Gasteiger partial charge < -0.3 is 10.6 Å². The molecule has 0 atom stereocenters. The first-order valence-electron chi connectivity index (χ1n) is 6.20. The summed E-state index contributed by atoms with van der Waals surface area (Å²) < 4.78 is 28.1. The Labute approximate surface area is 129 Å². The summed E-state index contributed by atoms with van der Waals surface area (Å²) in [5.41, 5.74) is 6.55. The molecule has 114 valence electrons. The van der Waals surface area contributed by atoms with Crippen molar-refractivity contribution in [2.24, 2.45) is 0 Å². The summed E-state index contributed by atoms with van der Waals surface area (Å²) >= 11 is 3.27. The summed E-state index contributed by atoms with van der Waals surface area (Å²) in [4.78, 5) is 2.18. The van der Waals surface area contributed by atoms with Crippen molar-refractivity contribution >= 4 is 31.6 Å². The van der Waals surface area contributed by atoms with E-state index in [1.54, 1.807) is 19.1 Å². The van der Waals surface area contributed by atoms with Crippen molar-refractivity contribution in [1.82, 2.24) is 9.62 Å². The topological polar surface area (TPSA) is 75.4 Å². The van der Waals surface area contributed by atoms with Crippen LogP contribution in [0.4, 0.5) is 5.69 Å². The average molecular weight is 364 g/mol. The van der Waals surface area contributed by atoms with E-state index >= 15 is 0 Å². The Balaban J connectivity index is 3.07. The van der Waals surface area contributed by atoms with Gasteiger partial charge in [-0.15, -0.1) is 0 Å². The van der Waals surface area contributed by atoms with Gasteiger partial charge in [-0.2, -0.15) is 0 Å². The maximum atomic E-state index is 12.4. The zero-order valence-corrected chi connectivity index (χ0v) is 14.9. The number of rotatable bonds is 5. The smallest absolute Gasteiger partial charge is 0.241 e. The Morgan fingerprint density at radius 2 is 1.90 bits per heavy atom. The molecule has 0 unspecified atom stereocenters. The van der Waals surface area contributed by atoms with Crippen molar-refractivity contribution in [2.75, 3.05) is 26.4 Å². The molecule has 0 aromatic heterocycles. The standard InChI is InChI=1S/C13H22BrN3O2S/c1-9-11(15)6-10(14)7-12(9)20(18,19)16-8-13(2,3)17(4)5/h6-7,16H,8,15H2,1-5H3. The zero-order valence-electron chi connectivity index (χ0n) is 12.5. The molecule has 0 aliphatic rings. The summed E-state index contributed by atoms with van der Waals surface area (Å²) in [7, 11) is 0.237. The van der Waals surface area contributed by atoms with Crippen LogP contribution in [0.5, 0.6) is 0 Å². The van der Waals surface area contributed by atoms with Gasteiger partial charge in [0.25, 0.3) is 0 Å². The number of nitrogens with one attached hydrogen (secondary N) is 1. The second kappa shape index (κ2) is 6.01. The van der Waals surface area contributed by atoms with Crippen molar-refractivity contribution in [1.29, 1.82) is 0 Å². The molecule has 0 bridgehead atoms. The van der Waals surface area contributed by atoms with E-state index in [1.807, 2.05) is 32.8 Å². The van der Waals surface area contributed by atoms with Gasteiger partial charge in [-0.1, -0.05) is 15.9 Å². The molecule has 1 rings (SSSR count). The number of hydrogen-bond donors (Lipinski definition) is 2. The highest BCUT2D eigenvalue weighted by Crippen LogP contribution is 2.26. The van der Waals surface area contributed by atoms with E-state index in [9.17, 15) is 8.42 Å². The largest absolute Gasteiger partial charge is 0.398 e. The van der Waals surface area contributed by atoms with E-state index in [0.29, 0.717) is 22.3 Å². The average Bonchev–Trinajstić information content (AvgIpc) is 2.31. The molecule has 3 N–H and O–H groups in total. The number of nitrogen functional groups attached to an aromatic ring is 1. The molecular formula is C13H22BrN3O2S. The third-order valence-electron chi connectivity index (χ3n) is 3.56. The van der Waals surface area contributed by atoms with Gasteiger partial charge in [0.1, 0.15) is 0 Å². The molecule has 0 fully saturated rings. The first-order chi connectivity index (χ1) is 8.97. The van der Waals surface area contributed by atoms with E-state index < -0.39 is 10.0 Å². The monoisotopic (exact) mass is 363 g/mol. The van der Waals surface area contributed by atoms with Crippen LogP contribution < -0.4 is 10.5 Å². The molecule has 20 heavy (non-hydrogen) atoms. The molecule has 0 radical (unpaired) electrons. The molecule has 0 heterocycles. The molecule has 0 spiro atoms. The van der Waals surface area contributed by atoms with E-state index in [2.05, 4.69) is 20.7 Å². The third kappa shape index (κ3) is 3.94. The molecule has 1 aromatic rings. The summed E-state index contributed by atoms with van der Waals surface area (Å²) in [6.45, 7) is 5.96. The number of sulfonamides is 1. The minimum absolute atomic E-state index is 0.207. The van der Waals surface area contributed by atoms with Crippen LogP contribution in [0.1, 0.15) is 19.4 Å². The van der Waals surface area contributed by atoms with Gasteiger partial charge in [-0.3, -0.25) is 0 Å². The Morgan fingerprint density at radius 1 is 1.35 bits per heavy atom. The summed E-state index contributed by atoms with van der Waals surface area (Å²) in [6, 6.07) is 3.26. The second-order valence-electron chi connectivity index (χ2n) is 5.65. The van der Waals surface area contributed by atoms with Crippen molar-refractivity contribution < 1.29 is 8.42 Å². The molecule has 1 aromatic carbocycles. The fourth-order valence-electron chi connectivity index (χ4n) is 1.46. The number of anilines is 1. The quantitative estimate of drug-likeness (QED) is 0.784. The molecule has 0 saturated heterocycles. The van der Waals surface area contributed by atoms with Crippen LogP contribution in [0.2, 0.25) is 0 Å². The Hall–Kier alpha value is -0.630. The van der Waals surface area contributed by atoms with Gasteiger partial charge in [0, 0.05) is 22.2 Å². The molecule has 0 aliphatic heterocycles. The number of nitrogens with two attached hydrogens (primary N) is 1. The van der Waals surface area contributed by atoms with E-state index in [1.165, 1.54) is 0 Å². The Bertz CT molecular complexity index is 598. The molecule has 7 heteroatoms. The fourth-order valence-corrected chi connectivity index (χ4v) is 3.59. The lowest BCUT2D eigenvalue weighted by Gasteiger charge is -2.32. The van der Waals surface area contributed by atoms with Crippen LogP contribution in [-0.2, 0) is 10.0 Å². The van der Waals surface area contributed by atoms with Gasteiger partial charge in [0.2, 0.25) is 10.0 Å². The zero-order chi connectivity index (χ0) is 15.7. The highest BCUT2D eigenvalue weighted by atomic mass is 79.9. The first kappa shape index (κ1) is 17.4. The molecule has 0 saturated carbocycles. The Morgan fingerprint density at radius 3 is 2.40 bits per heavy atom. The van der Waals surface area contributed by atoms with Crippen molar-refractivity contribution in [3.8, 4) is 0 Å². The minimum atomic E-state index is -3.59. The predicted octanol–water partition coefficient (Wildman–Crippen LogP) is 1.96. The van der Waals surface area contributed by atoms with Crippen LogP contribution >= 0.6 is 15.9 Å². The Kier molecular flexibility index (Phi) is 5.23. The van der Waals surface area contributed by atoms with Gasteiger partial charge in [-0.25, -0.2) is 13.1 Å². The number of nitrogens with zero attached hydrogens (tertiary/aromatic N) is 1. The number of likely N-dealkylation sites (N-methyl/N-ethyl adjacent to an activating group) is 1.